The van der Waals surface area contributed by atoms with Crippen molar-refractivity contribution in [2.75, 3.05) is 39.9 Å². The summed E-state index contributed by atoms with van der Waals surface area (Å²) in [5.74, 6) is 1.43. The fourth-order valence-electron chi connectivity index (χ4n) is 2.80. The zero-order chi connectivity index (χ0) is 14.5. The minimum atomic E-state index is 0.190. The van der Waals surface area contributed by atoms with Gasteiger partial charge in [0.15, 0.2) is 5.82 Å². The third kappa shape index (κ3) is 3.56. The second-order valence-electron chi connectivity index (χ2n) is 5.44. The standard InChI is InChI=1S/C14H26N4O2/c1-5-13-10-18(7-6-17(13)8-9-19-4)11(2)14-15-12(3)16-20-14/h11,13H,5-10H2,1-4H3/t11-,13+/m1/s1. The lowest BCUT2D eigenvalue weighted by Gasteiger charge is -2.42. The van der Waals surface area contributed by atoms with Crippen LogP contribution in [0.2, 0.25) is 0 Å². The summed E-state index contributed by atoms with van der Waals surface area (Å²) in [6.07, 6.45) is 1.15. The van der Waals surface area contributed by atoms with Gasteiger partial charge in [-0.15, -0.1) is 0 Å². The van der Waals surface area contributed by atoms with Gasteiger partial charge in [0.25, 0.3) is 0 Å². The predicted molar refractivity (Wildman–Crippen MR) is 76.6 cm³/mol. The molecule has 1 fully saturated rings. The fourth-order valence-corrected chi connectivity index (χ4v) is 2.80. The van der Waals surface area contributed by atoms with Crippen LogP contribution in [0.3, 0.4) is 0 Å². The van der Waals surface area contributed by atoms with E-state index in [0.29, 0.717) is 11.9 Å². The highest BCUT2D eigenvalue weighted by Gasteiger charge is 2.30. The number of methoxy groups -OCH3 is 1. The molecule has 2 atom stereocenters. The van der Waals surface area contributed by atoms with E-state index >= 15 is 0 Å². The number of hydrogen-bond donors (Lipinski definition) is 0. The Morgan fingerprint density at radius 2 is 2.25 bits per heavy atom. The molecule has 0 aliphatic carbocycles. The van der Waals surface area contributed by atoms with Gasteiger partial charge in [-0.1, -0.05) is 12.1 Å². The smallest absolute Gasteiger partial charge is 0.243 e. The summed E-state index contributed by atoms with van der Waals surface area (Å²) in [6, 6.07) is 0.764. The van der Waals surface area contributed by atoms with E-state index in [4.69, 9.17) is 9.26 Å². The number of rotatable bonds is 6. The van der Waals surface area contributed by atoms with Crippen molar-refractivity contribution in [2.24, 2.45) is 0 Å². The Kier molecular flexibility index (Phi) is 5.51. The maximum atomic E-state index is 5.30. The Hall–Kier alpha value is -0.980. The van der Waals surface area contributed by atoms with Crippen molar-refractivity contribution >= 4 is 0 Å². The first-order valence-electron chi connectivity index (χ1n) is 7.43. The van der Waals surface area contributed by atoms with E-state index in [1.165, 1.54) is 0 Å². The summed E-state index contributed by atoms with van der Waals surface area (Å²) in [5, 5.41) is 3.89. The molecule has 6 heteroatoms. The second-order valence-corrected chi connectivity index (χ2v) is 5.44. The summed E-state index contributed by atoms with van der Waals surface area (Å²) >= 11 is 0. The van der Waals surface area contributed by atoms with Crippen molar-refractivity contribution in [1.82, 2.24) is 19.9 Å². The fraction of sp³-hybridized carbons (Fsp3) is 0.857. The molecule has 1 aliphatic heterocycles. The number of piperazine rings is 1. The molecule has 1 saturated heterocycles. The van der Waals surface area contributed by atoms with Gasteiger partial charge >= 0.3 is 0 Å². The van der Waals surface area contributed by atoms with Crippen molar-refractivity contribution in [2.45, 2.75) is 39.3 Å². The quantitative estimate of drug-likeness (QED) is 0.788. The molecule has 0 saturated carbocycles. The van der Waals surface area contributed by atoms with Crippen LogP contribution in [-0.2, 0) is 4.74 Å². The van der Waals surface area contributed by atoms with Crippen molar-refractivity contribution in [3.63, 3.8) is 0 Å². The highest BCUT2D eigenvalue weighted by molar-refractivity contribution is 4.93. The molecule has 0 aromatic carbocycles. The zero-order valence-corrected chi connectivity index (χ0v) is 13.0. The van der Waals surface area contributed by atoms with Crippen LogP contribution in [-0.4, -0.2) is 65.9 Å². The number of ether oxygens (including phenoxy) is 1. The van der Waals surface area contributed by atoms with Crippen LogP contribution in [0.15, 0.2) is 4.52 Å². The van der Waals surface area contributed by atoms with Crippen LogP contribution >= 0.6 is 0 Å². The summed E-state index contributed by atoms with van der Waals surface area (Å²) in [7, 11) is 1.76. The average molecular weight is 282 g/mol. The summed E-state index contributed by atoms with van der Waals surface area (Å²) in [5.41, 5.74) is 0. The Labute approximate surface area is 121 Å². The molecule has 1 aromatic heterocycles. The summed E-state index contributed by atoms with van der Waals surface area (Å²) < 4.78 is 10.5. The van der Waals surface area contributed by atoms with Gasteiger partial charge in [-0.3, -0.25) is 9.80 Å². The molecule has 0 unspecified atom stereocenters. The summed E-state index contributed by atoms with van der Waals surface area (Å²) in [6.45, 7) is 11.2. The number of aromatic nitrogens is 2. The Bertz CT molecular complexity index is 410. The van der Waals surface area contributed by atoms with E-state index in [1.807, 2.05) is 6.92 Å². The van der Waals surface area contributed by atoms with Gasteiger partial charge < -0.3 is 9.26 Å². The van der Waals surface area contributed by atoms with Gasteiger partial charge in [-0.05, 0) is 20.3 Å². The molecule has 0 spiro atoms. The SMILES string of the molecule is CC[C@H]1CN([C@H](C)c2nc(C)no2)CCN1CCOC. The van der Waals surface area contributed by atoms with E-state index < -0.39 is 0 Å². The van der Waals surface area contributed by atoms with Crippen molar-refractivity contribution in [3.8, 4) is 0 Å². The largest absolute Gasteiger partial charge is 0.383 e. The highest BCUT2D eigenvalue weighted by Crippen LogP contribution is 2.23. The Morgan fingerprint density at radius 3 is 2.85 bits per heavy atom. The molecule has 0 bridgehead atoms. The summed E-state index contributed by atoms with van der Waals surface area (Å²) in [4.78, 5) is 9.31. The molecule has 0 N–H and O–H groups in total. The molecule has 1 aromatic rings. The lowest BCUT2D eigenvalue weighted by molar-refractivity contribution is 0.0267. The first-order chi connectivity index (χ1) is 9.65. The van der Waals surface area contributed by atoms with Gasteiger partial charge in [0.1, 0.15) is 0 Å². The van der Waals surface area contributed by atoms with E-state index in [9.17, 15) is 0 Å². The molecule has 2 heterocycles. The van der Waals surface area contributed by atoms with Gasteiger partial charge in [0, 0.05) is 39.3 Å². The minimum Gasteiger partial charge on any atom is -0.383 e. The van der Waals surface area contributed by atoms with Gasteiger partial charge in [-0.2, -0.15) is 4.98 Å². The number of aryl methyl sites for hydroxylation is 1. The Balaban J connectivity index is 1.95. The second kappa shape index (κ2) is 7.15. The average Bonchev–Trinajstić information content (AvgIpc) is 2.90. The Morgan fingerprint density at radius 1 is 1.45 bits per heavy atom. The van der Waals surface area contributed by atoms with E-state index in [1.54, 1.807) is 7.11 Å². The lowest BCUT2D eigenvalue weighted by atomic mass is 10.1. The van der Waals surface area contributed by atoms with E-state index in [2.05, 4.69) is 33.8 Å². The molecule has 6 nitrogen and oxygen atoms in total. The maximum Gasteiger partial charge on any atom is 0.243 e. The lowest BCUT2D eigenvalue weighted by Crippen LogP contribution is -2.54. The first-order valence-corrected chi connectivity index (χ1v) is 7.43. The topological polar surface area (TPSA) is 54.6 Å². The normalized spacial score (nSPS) is 23.1. The van der Waals surface area contributed by atoms with E-state index in [0.717, 1.165) is 45.1 Å². The van der Waals surface area contributed by atoms with Crippen molar-refractivity contribution in [1.29, 1.82) is 0 Å². The number of hydrogen-bond acceptors (Lipinski definition) is 6. The van der Waals surface area contributed by atoms with E-state index in [-0.39, 0.29) is 6.04 Å². The minimum absolute atomic E-state index is 0.190. The molecular weight excluding hydrogens is 256 g/mol. The third-order valence-corrected chi connectivity index (χ3v) is 4.14. The maximum absolute atomic E-state index is 5.30. The van der Waals surface area contributed by atoms with Crippen LogP contribution in [0.25, 0.3) is 0 Å². The van der Waals surface area contributed by atoms with Crippen LogP contribution in [0.5, 0.6) is 0 Å². The van der Waals surface area contributed by atoms with Crippen LogP contribution < -0.4 is 0 Å². The van der Waals surface area contributed by atoms with Gasteiger partial charge in [-0.25, -0.2) is 0 Å². The van der Waals surface area contributed by atoms with Crippen LogP contribution in [0.4, 0.5) is 0 Å². The monoisotopic (exact) mass is 282 g/mol. The molecule has 20 heavy (non-hydrogen) atoms. The predicted octanol–water partition coefficient (Wildman–Crippen LogP) is 1.48. The third-order valence-electron chi connectivity index (χ3n) is 4.14. The van der Waals surface area contributed by atoms with Crippen LogP contribution in [0.1, 0.15) is 38.0 Å². The first kappa shape index (κ1) is 15.4. The molecule has 1 aliphatic rings. The van der Waals surface area contributed by atoms with Crippen LogP contribution in [0, 0.1) is 6.92 Å². The van der Waals surface area contributed by atoms with Gasteiger partial charge in [0.2, 0.25) is 5.89 Å². The molecular formula is C14H26N4O2. The molecule has 0 amide bonds. The highest BCUT2D eigenvalue weighted by atomic mass is 16.5. The number of nitrogens with zero attached hydrogens (tertiary/aromatic N) is 4. The van der Waals surface area contributed by atoms with Gasteiger partial charge in [0.05, 0.1) is 12.6 Å². The van der Waals surface area contributed by atoms with Crippen molar-refractivity contribution < 1.29 is 9.26 Å². The molecule has 2 rings (SSSR count). The molecule has 114 valence electrons. The van der Waals surface area contributed by atoms with Crippen molar-refractivity contribution in [3.05, 3.63) is 11.7 Å². The zero-order valence-electron chi connectivity index (χ0n) is 13.0. The molecule has 0 radical (unpaired) electrons.